The first kappa shape index (κ1) is 17.9. The van der Waals surface area contributed by atoms with Crippen LogP contribution in [0.2, 0.25) is 0 Å². The van der Waals surface area contributed by atoms with Crippen molar-refractivity contribution in [3.8, 4) is 22.1 Å². The lowest BCUT2D eigenvalue weighted by Crippen LogP contribution is -2.03. The van der Waals surface area contributed by atoms with Gasteiger partial charge in [0.1, 0.15) is 5.01 Å². The molecular formula is C20H19NO4S. The number of hydrogen-bond acceptors (Lipinski definition) is 5. The van der Waals surface area contributed by atoms with Crippen LogP contribution in [0.5, 0.6) is 11.5 Å². The molecule has 26 heavy (non-hydrogen) atoms. The van der Waals surface area contributed by atoms with Gasteiger partial charge >= 0.3 is 5.97 Å². The molecule has 1 N–H and O–H groups in total. The van der Waals surface area contributed by atoms with Gasteiger partial charge in [-0.3, -0.25) is 0 Å². The van der Waals surface area contributed by atoms with E-state index < -0.39 is 5.97 Å². The fraction of sp³-hybridized carbons (Fsp3) is 0.200. The zero-order valence-electron chi connectivity index (χ0n) is 14.3. The van der Waals surface area contributed by atoms with E-state index in [-0.39, 0.29) is 5.69 Å². The molecule has 0 aliphatic carbocycles. The number of methoxy groups -OCH3 is 1. The number of thiazole rings is 1. The highest BCUT2D eigenvalue weighted by molar-refractivity contribution is 7.13. The Balaban J connectivity index is 1.75. The summed E-state index contributed by atoms with van der Waals surface area (Å²) in [5.41, 5.74) is 2.03. The van der Waals surface area contributed by atoms with Crippen molar-refractivity contribution in [1.82, 2.24) is 4.98 Å². The number of aromatic carboxylic acids is 1. The van der Waals surface area contributed by atoms with Gasteiger partial charge in [0, 0.05) is 5.38 Å². The molecule has 1 aromatic heterocycles. The van der Waals surface area contributed by atoms with E-state index in [0.29, 0.717) is 23.1 Å². The molecule has 0 saturated carbocycles. The standard InChI is InChI=1S/C20H19NO4S/c1-24-17-11-5-10-15(19-21-16(13-26-19)20(22)23)18(17)25-12-6-9-14-7-3-2-4-8-14/h2-5,7-8,10-11,13H,6,9,12H2,1H3,(H,22,23). The van der Waals surface area contributed by atoms with Gasteiger partial charge in [0.2, 0.25) is 0 Å². The fourth-order valence-electron chi connectivity index (χ4n) is 2.58. The SMILES string of the molecule is COc1cccc(-c2nc(C(=O)O)cs2)c1OCCCc1ccccc1. The maximum absolute atomic E-state index is 11.1. The van der Waals surface area contributed by atoms with Crippen LogP contribution in [-0.4, -0.2) is 29.8 Å². The third kappa shape index (κ3) is 4.21. The zero-order valence-corrected chi connectivity index (χ0v) is 15.2. The van der Waals surface area contributed by atoms with Crippen molar-refractivity contribution >= 4 is 17.3 Å². The summed E-state index contributed by atoms with van der Waals surface area (Å²) in [6.45, 7) is 0.527. The maximum atomic E-state index is 11.1. The van der Waals surface area contributed by atoms with Crippen LogP contribution in [0.25, 0.3) is 10.6 Å². The predicted molar refractivity (Wildman–Crippen MR) is 101 cm³/mol. The number of para-hydroxylation sites is 1. The molecule has 134 valence electrons. The van der Waals surface area contributed by atoms with Crippen molar-refractivity contribution in [2.24, 2.45) is 0 Å². The van der Waals surface area contributed by atoms with Crippen LogP contribution < -0.4 is 9.47 Å². The highest BCUT2D eigenvalue weighted by atomic mass is 32.1. The molecule has 1 heterocycles. The minimum absolute atomic E-state index is 0.0304. The fourth-order valence-corrected chi connectivity index (χ4v) is 3.40. The Morgan fingerprint density at radius 2 is 1.96 bits per heavy atom. The van der Waals surface area contributed by atoms with Gasteiger partial charge in [-0.1, -0.05) is 36.4 Å². The van der Waals surface area contributed by atoms with Crippen LogP contribution in [0.4, 0.5) is 0 Å². The molecule has 0 aliphatic heterocycles. The van der Waals surface area contributed by atoms with Crippen LogP contribution in [0.3, 0.4) is 0 Å². The number of carboxylic acid groups (broad SMARTS) is 1. The summed E-state index contributed by atoms with van der Waals surface area (Å²) in [4.78, 5) is 15.3. The molecule has 3 rings (SSSR count). The highest BCUT2D eigenvalue weighted by Crippen LogP contribution is 2.39. The Bertz CT molecular complexity index is 877. The molecule has 2 aromatic carbocycles. The number of aromatic nitrogens is 1. The number of carbonyl (C=O) groups is 1. The number of ether oxygens (including phenoxy) is 2. The molecule has 0 amide bonds. The van der Waals surface area contributed by atoms with Gasteiger partial charge in [-0.25, -0.2) is 9.78 Å². The number of carboxylic acids is 1. The number of hydrogen-bond donors (Lipinski definition) is 1. The summed E-state index contributed by atoms with van der Waals surface area (Å²) in [6.07, 6.45) is 1.78. The van der Waals surface area contributed by atoms with E-state index in [1.165, 1.54) is 22.3 Å². The zero-order chi connectivity index (χ0) is 18.4. The third-order valence-corrected chi connectivity index (χ3v) is 4.73. The molecule has 3 aromatic rings. The normalized spacial score (nSPS) is 10.5. The lowest BCUT2D eigenvalue weighted by Gasteiger charge is -2.14. The lowest BCUT2D eigenvalue weighted by atomic mass is 10.1. The Kier molecular flexibility index (Phi) is 5.86. The molecule has 0 bridgehead atoms. The number of aryl methyl sites for hydroxylation is 1. The first-order valence-electron chi connectivity index (χ1n) is 8.22. The number of nitrogens with zero attached hydrogens (tertiary/aromatic N) is 1. The smallest absolute Gasteiger partial charge is 0.355 e. The van der Waals surface area contributed by atoms with Crippen molar-refractivity contribution in [3.63, 3.8) is 0 Å². The topological polar surface area (TPSA) is 68.7 Å². The van der Waals surface area contributed by atoms with Crippen molar-refractivity contribution < 1.29 is 19.4 Å². The van der Waals surface area contributed by atoms with Crippen molar-refractivity contribution in [3.05, 3.63) is 65.2 Å². The van der Waals surface area contributed by atoms with E-state index in [9.17, 15) is 4.79 Å². The second-order valence-corrected chi connectivity index (χ2v) is 6.48. The van der Waals surface area contributed by atoms with Crippen LogP contribution in [0, 0.1) is 0 Å². The van der Waals surface area contributed by atoms with Crippen LogP contribution in [0.1, 0.15) is 22.5 Å². The molecular weight excluding hydrogens is 350 g/mol. The average Bonchev–Trinajstić information content (AvgIpc) is 3.16. The van der Waals surface area contributed by atoms with Gasteiger partial charge in [-0.05, 0) is 30.5 Å². The summed E-state index contributed by atoms with van der Waals surface area (Å²) in [6, 6.07) is 15.8. The summed E-state index contributed by atoms with van der Waals surface area (Å²) in [5, 5.41) is 11.2. The molecule has 0 spiro atoms. The number of rotatable bonds is 8. The minimum atomic E-state index is -1.04. The summed E-state index contributed by atoms with van der Waals surface area (Å²) in [5.74, 6) is 0.157. The molecule has 0 atom stereocenters. The summed E-state index contributed by atoms with van der Waals surface area (Å²) < 4.78 is 11.4. The first-order valence-corrected chi connectivity index (χ1v) is 9.10. The van der Waals surface area contributed by atoms with Crippen LogP contribution in [0.15, 0.2) is 53.9 Å². The molecule has 0 unspecified atom stereocenters. The second-order valence-electron chi connectivity index (χ2n) is 5.62. The van der Waals surface area contributed by atoms with Crippen LogP contribution in [-0.2, 0) is 6.42 Å². The van der Waals surface area contributed by atoms with Gasteiger partial charge in [0.15, 0.2) is 17.2 Å². The van der Waals surface area contributed by atoms with Crippen LogP contribution >= 0.6 is 11.3 Å². The van der Waals surface area contributed by atoms with E-state index in [1.807, 2.05) is 36.4 Å². The quantitative estimate of drug-likeness (QED) is 0.591. The minimum Gasteiger partial charge on any atom is -0.493 e. The van der Waals surface area contributed by atoms with Gasteiger partial charge in [-0.2, -0.15) is 0 Å². The maximum Gasteiger partial charge on any atom is 0.355 e. The van der Waals surface area contributed by atoms with Gasteiger partial charge in [0.05, 0.1) is 19.3 Å². The lowest BCUT2D eigenvalue weighted by molar-refractivity contribution is 0.0691. The molecule has 0 saturated heterocycles. The van der Waals surface area contributed by atoms with E-state index in [2.05, 4.69) is 17.1 Å². The average molecular weight is 369 g/mol. The molecule has 0 fully saturated rings. The largest absolute Gasteiger partial charge is 0.493 e. The van der Waals surface area contributed by atoms with Gasteiger partial charge < -0.3 is 14.6 Å². The monoisotopic (exact) mass is 369 g/mol. The third-order valence-electron chi connectivity index (χ3n) is 3.85. The predicted octanol–water partition coefficient (Wildman–Crippen LogP) is 4.53. The van der Waals surface area contributed by atoms with Crippen molar-refractivity contribution in [2.75, 3.05) is 13.7 Å². The van der Waals surface area contributed by atoms with E-state index >= 15 is 0 Å². The molecule has 0 radical (unpaired) electrons. The van der Waals surface area contributed by atoms with E-state index in [0.717, 1.165) is 18.4 Å². The summed E-state index contributed by atoms with van der Waals surface area (Å²) in [7, 11) is 1.58. The van der Waals surface area contributed by atoms with Gasteiger partial charge in [-0.15, -0.1) is 11.3 Å². The highest BCUT2D eigenvalue weighted by Gasteiger charge is 2.17. The van der Waals surface area contributed by atoms with Crippen molar-refractivity contribution in [2.45, 2.75) is 12.8 Å². The Labute approximate surface area is 155 Å². The second kappa shape index (κ2) is 8.49. The Morgan fingerprint density at radius 1 is 1.15 bits per heavy atom. The Hall–Kier alpha value is -2.86. The number of benzene rings is 2. The first-order chi connectivity index (χ1) is 12.7. The van der Waals surface area contributed by atoms with E-state index in [4.69, 9.17) is 14.6 Å². The van der Waals surface area contributed by atoms with E-state index in [1.54, 1.807) is 7.11 Å². The Morgan fingerprint density at radius 3 is 2.65 bits per heavy atom. The molecule has 5 nitrogen and oxygen atoms in total. The van der Waals surface area contributed by atoms with Crippen molar-refractivity contribution in [1.29, 1.82) is 0 Å². The molecule has 6 heteroatoms. The van der Waals surface area contributed by atoms with Gasteiger partial charge in [0.25, 0.3) is 0 Å². The summed E-state index contributed by atoms with van der Waals surface area (Å²) >= 11 is 1.27. The molecule has 0 aliphatic rings.